The number of hydrogen-bond acceptors (Lipinski definition) is 5. The minimum absolute atomic E-state index is 0.00146. The van der Waals surface area contributed by atoms with E-state index in [2.05, 4.69) is 0 Å². The third-order valence-electron chi connectivity index (χ3n) is 6.52. The molecule has 0 radical (unpaired) electrons. The van der Waals surface area contributed by atoms with Crippen LogP contribution in [0.15, 0.2) is 66.7 Å². The van der Waals surface area contributed by atoms with Crippen molar-refractivity contribution in [2.45, 2.75) is 50.9 Å². The fraction of sp³-hybridized carbons (Fsp3) is 0.345. The molecule has 12 heteroatoms. The Morgan fingerprint density at radius 3 is 1.80 bits per heavy atom. The van der Waals surface area contributed by atoms with Crippen molar-refractivity contribution in [3.8, 4) is 0 Å². The number of rotatable bonds is 11. The Hall–Kier alpha value is -3.19. The van der Waals surface area contributed by atoms with Gasteiger partial charge in [0.1, 0.15) is 0 Å². The molecule has 0 saturated carbocycles. The first-order chi connectivity index (χ1) is 19.0. The number of allylic oxidation sites excluding steroid dienone is 1. The van der Waals surface area contributed by atoms with Crippen LogP contribution >= 0.6 is 11.3 Å². The summed E-state index contributed by atoms with van der Waals surface area (Å²) in [6, 6.07) is 11.6. The van der Waals surface area contributed by atoms with Crippen molar-refractivity contribution in [2.75, 3.05) is 13.1 Å². The van der Waals surface area contributed by atoms with Crippen molar-refractivity contribution in [1.82, 2.24) is 4.90 Å². The number of carboxylic acid groups (broad SMARTS) is 1. The van der Waals surface area contributed by atoms with E-state index in [0.29, 0.717) is 16.9 Å². The number of aliphatic carboxylic acids is 1. The summed E-state index contributed by atoms with van der Waals surface area (Å²) in [5.41, 5.74) is -1.34. The second-order valence-corrected chi connectivity index (χ2v) is 10.9. The van der Waals surface area contributed by atoms with Crippen molar-refractivity contribution >= 4 is 22.9 Å². The third-order valence-corrected chi connectivity index (χ3v) is 7.77. The summed E-state index contributed by atoms with van der Waals surface area (Å²) < 4.78 is 79.4. The van der Waals surface area contributed by atoms with Crippen LogP contribution in [0.2, 0.25) is 0 Å². The number of benzene rings is 2. The molecule has 0 amide bonds. The molecule has 5 nitrogen and oxygen atoms in total. The normalized spacial score (nSPS) is 15.1. The van der Waals surface area contributed by atoms with E-state index in [-0.39, 0.29) is 24.2 Å². The van der Waals surface area contributed by atoms with E-state index >= 15 is 0 Å². The largest absolute Gasteiger partial charge is 0.478 e. The average Bonchev–Trinajstić information content (AvgIpc) is 3.35. The molecule has 3 rings (SSSR count). The van der Waals surface area contributed by atoms with Gasteiger partial charge in [0.2, 0.25) is 0 Å². The molecule has 0 aliphatic carbocycles. The summed E-state index contributed by atoms with van der Waals surface area (Å²) in [6.07, 6.45) is -10.6. The molecule has 2 aromatic carbocycles. The number of aliphatic hydroxyl groups excluding tert-OH is 2. The van der Waals surface area contributed by atoms with Crippen LogP contribution in [0.4, 0.5) is 26.3 Å². The molecule has 0 aliphatic heterocycles. The van der Waals surface area contributed by atoms with Gasteiger partial charge in [0.15, 0.2) is 0 Å². The Bertz CT molecular complexity index is 1300. The van der Waals surface area contributed by atoms with Gasteiger partial charge in [-0.1, -0.05) is 24.3 Å². The molecule has 0 saturated heterocycles. The average molecular weight is 602 g/mol. The SMILES string of the molecule is C/C(=C\C(=O)O)c1ccc(CC(C)N(CC(O)c2cccc(C(F)(F)F)c2)CC(O)c2cccc(C(F)(F)F)c2)s1. The van der Waals surface area contributed by atoms with E-state index in [1.165, 1.54) is 35.6 Å². The number of thiophene rings is 1. The maximum atomic E-state index is 13.2. The van der Waals surface area contributed by atoms with E-state index in [1.807, 2.05) is 0 Å². The van der Waals surface area contributed by atoms with Crippen LogP contribution in [0, 0.1) is 0 Å². The molecule has 41 heavy (non-hydrogen) atoms. The van der Waals surface area contributed by atoms with Gasteiger partial charge in [0, 0.05) is 35.0 Å². The topological polar surface area (TPSA) is 81.0 Å². The molecule has 1 aromatic heterocycles. The molecule has 0 aliphatic rings. The lowest BCUT2D eigenvalue weighted by Crippen LogP contribution is -2.40. The van der Waals surface area contributed by atoms with Crippen LogP contribution in [0.3, 0.4) is 0 Å². The first kappa shape index (κ1) is 32.3. The van der Waals surface area contributed by atoms with Crippen LogP contribution < -0.4 is 0 Å². The van der Waals surface area contributed by atoms with Crippen molar-refractivity contribution in [2.24, 2.45) is 0 Å². The second kappa shape index (κ2) is 13.2. The molecule has 222 valence electrons. The minimum Gasteiger partial charge on any atom is -0.478 e. The fourth-order valence-corrected chi connectivity index (χ4v) is 5.41. The first-order valence-electron chi connectivity index (χ1n) is 12.5. The number of alkyl halides is 6. The zero-order valence-corrected chi connectivity index (χ0v) is 22.9. The van der Waals surface area contributed by atoms with Gasteiger partial charge in [-0.2, -0.15) is 26.3 Å². The molecule has 0 bridgehead atoms. The summed E-state index contributed by atoms with van der Waals surface area (Å²) in [5, 5.41) is 30.8. The highest BCUT2D eigenvalue weighted by Crippen LogP contribution is 2.33. The molecule has 1 heterocycles. The minimum atomic E-state index is -4.62. The zero-order valence-electron chi connectivity index (χ0n) is 22.1. The maximum absolute atomic E-state index is 13.2. The van der Waals surface area contributed by atoms with E-state index in [4.69, 9.17) is 5.11 Å². The predicted octanol–water partition coefficient (Wildman–Crippen LogP) is 6.97. The third kappa shape index (κ3) is 9.15. The van der Waals surface area contributed by atoms with Crippen LogP contribution in [0.5, 0.6) is 0 Å². The Morgan fingerprint density at radius 2 is 1.37 bits per heavy atom. The van der Waals surface area contributed by atoms with Crippen LogP contribution in [0.1, 0.15) is 58.1 Å². The second-order valence-electron chi connectivity index (χ2n) is 9.72. The summed E-state index contributed by atoms with van der Waals surface area (Å²) >= 11 is 1.34. The van der Waals surface area contributed by atoms with Crippen molar-refractivity contribution in [3.05, 3.63) is 98.7 Å². The maximum Gasteiger partial charge on any atom is 0.416 e. The quantitative estimate of drug-likeness (QED) is 0.163. The molecule has 3 aromatic rings. The summed E-state index contributed by atoms with van der Waals surface area (Å²) in [7, 11) is 0. The van der Waals surface area contributed by atoms with E-state index in [1.54, 1.807) is 30.9 Å². The highest BCUT2D eigenvalue weighted by Gasteiger charge is 2.33. The first-order valence-corrected chi connectivity index (χ1v) is 13.3. The number of halogens is 6. The van der Waals surface area contributed by atoms with Gasteiger partial charge in [0.25, 0.3) is 0 Å². The van der Waals surface area contributed by atoms with Gasteiger partial charge in [0.05, 0.1) is 23.3 Å². The molecular formula is C29H29F6NO4S. The van der Waals surface area contributed by atoms with Crippen LogP contribution in [0.25, 0.3) is 5.57 Å². The highest BCUT2D eigenvalue weighted by atomic mass is 32.1. The number of hydrogen-bond donors (Lipinski definition) is 3. The lowest BCUT2D eigenvalue weighted by atomic mass is 10.0. The van der Waals surface area contributed by atoms with Gasteiger partial charge in [-0.25, -0.2) is 4.79 Å². The molecule has 0 spiro atoms. The number of aliphatic hydroxyl groups is 2. The molecule has 3 N–H and O–H groups in total. The van der Waals surface area contributed by atoms with Crippen molar-refractivity contribution in [3.63, 3.8) is 0 Å². The predicted molar refractivity (Wildman–Crippen MR) is 143 cm³/mol. The van der Waals surface area contributed by atoms with Crippen molar-refractivity contribution < 1.29 is 46.5 Å². The summed E-state index contributed by atoms with van der Waals surface area (Å²) in [5.74, 6) is -1.09. The molecular weight excluding hydrogens is 572 g/mol. The Kier molecular flexibility index (Phi) is 10.4. The van der Waals surface area contributed by atoms with Crippen molar-refractivity contribution in [1.29, 1.82) is 0 Å². The number of nitrogens with zero attached hydrogens (tertiary/aromatic N) is 1. The Morgan fingerprint density at radius 1 is 0.878 bits per heavy atom. The Balaban J connectivity index is 1.87. The molecule has 3 atom stereocenters. The van der Waals surface area contributed by atoms with E-state index in [9.17, 15) is 41.4 Å². The molecule has 0 fully saturated rings. The van der Waals surface area contributed by atoms with E-state index < -0.39 is 47.7 Å². The highest BCUT2D eigenvalue weighted by molar-refractivity contribution is 7.13. The smallest absolute Gasteiger partial charge is 0.416 e. The van der Waals surface area contributed by atoms with Gasteiger partial charge >= 0.3 is 18.3 Å². The summed E-state index contributed by atoms with van der Waals surface area (Å²) in [6.45, 7) is 2.98. The van der Waals surface area contributed by atoms with Gasteiger partial charge in [-0.05, 0) is 73.4 Å². The number of carbonyl (C=O) groups is 1. The number of carboxylic acids is 1. The van der Waals surface area contributed by atoms with E-state index in [0.717, 1.165) is 35.2 Å². The lowest BCUT2D eigenvalue weighted by Gasteiger charge is -2.33. The van der Waals surface area contributed by atoms with Crippen LogP contribution in [-0.4, -0.2) is 45.3 Å². The lowest BCUT2D eigenvalue weighted by molar-refractivity contribution is -0.138. The molecule has 3 unspecified atom stereocenters. The summed E-state index contributed by atoms with van der Waals surface area (Å²) in [4.78, 5) is 14.2. The van der Waals surface area contributed by atoms with Crippen LogP contribution in [-0.2, 0) is 23.6 Å². The Labute approximate surface area is 237 Å². The monoisotopic (exact) mass is 601 g/mol. The van der Waals surface area contributed by atoms with Gasteiger partial charge < -0.3 is 15.3 Å². The fourth-order valence-electron chi connectivity index (χ4n) is 4.31. The standard InChI is InChI=1S/C29H29F6NO4S/c1-17(11-27(39)40)26-10-9-23(41-26)12-18(2)36(15-24(37)19-5-3-7-21(13-19)28(30,31)32)16-25(38)20-6-4-8-22(14-20)29(33,34)35/h3-11,13-14,18,24-25,37-38H,12,15-16H2,1-2H3,(H,39,40)/b17-11+. The van der Waals surface area contributed by atoms with Gasteiger partial charge in [-0.15, -0.1) is 11.3 Å². The van der Waals surface area contributed by atoms with Gasteiger partial charge in [-0.3, -0.25) is 4.90 Å². The zero-order chi connectivity index (χ0) is 30.5.